The minimum Gasteiger partial charge on any atom is -0.377 e. The zero-order chi connectivity index (χ0) is 21.9. The minimum atomic E-state index is 0.121. The molecule has 0 bridgehead atoms. The molecule has 163 valence electrons. The van der Waals surface area contributed by atoms with E-state index in [1.54, 1.807) is 0 Å². The van der Waals surface area contributed by atoms with Gasteiger partial charge in [-0.1, -0.05) is 36.8 Å². The van der Waals surface area contributed by atoms with Gasteiger partial charge in [-0.15, -0.1) is 0 Å². The molecule has 31 heavy (non-hydrogen) atoms. The molecule has 1 heterocycles. The number of nitrogens with one attached hydrogen (secondary N) is 1. The summed E-state index contributed by atoms with van der Waals surface area (Å²) in [4.78, 5) is 15.8. The molecular formula is C27H33N2O2. The zero-order valence-corrected chi connectivity index (χ0v) is 19.3. The molecule has 1 aliphatic heterocycles. The Kier molecular flexibility index (Phi) is 4.98. The van der Waals surface area contributed by atoms with Gasteiger partial charge in [-0.25, -0.2) is 0 Å². The standard InChI is InChI=1S/C27H33N2O2/c1-16(2)31-15-24(28-5)22-11-21(25(18-8-9-18)23-12-27(22,23)4)26(30)29-13-19-7-6-17(3)10-20(19)14-29/h6-11,16,23-24,28H,12-15H2,1-5H3. The van der Waals surface area contributed by atoms with Crippen LogP contribution in [0.3, 0.4) is 0 Å². The number of rotatable bonds is 7. The number of aryl methyl sites for hydroxylation is 1. The summed E-state index contributed by atoms with van der Waals surface area (Å²) in [5.74, 6) is 0.592. The van der Waals surface area contributed by atoms with Crippen molar-refractivity contribution in [3.05, 3.63) is 75.8 Å². The number of hydrogen-bond donors (Lipinski definition) is 1. The lowest BCUT2D eigenvalue weighted by Gasteiger charge is -2.31. The van der Waals surface area contributed by atoms with Gasteiger partial charge in [-0.3, -0.25) is 4.79 Å². The van der Waals surface area contributed by atoms with Crippen LogP contribution in [0.5, 0.6) is 0 Å². The highest BCUT2D eigenvalue weighted by Gasteiger charge is 2.59. The number of nitrogens with zero attached hydrogens (tertiary/aromatic N) is 1. The largest absolute Gasteiger partial charge is 0.377 e. The van der Waals surface area contributed by atoms with E-state index in [2.05, 4.69) is 69.8 Å². The molecule has 4 heteroatoms. The molecule has 1 aromatic carbocycles. The summed E-state index contributed by atoms with van der Waals surface area (Å²) >= 11 is 0. The molecule has 3 aliphatic carbocycles. The normalized spacial score (nSPS) is 27.0. The van der Waals surface area contributed by atoms with Crippen LogP contribution in [0.25, 0.3) is 0 Å². The van der Waals surface area contributed by atoms with Crippen molar-refractivity contribution in [3.8, 4) is 0 Å². The van der Waals surface area contributed by atoms with Gasteiger partial charge in [0.1, 0.15) is 0 Å². The molecule has 1 amide bonds. The fourth-order valence-electron chi connectivity index (χ4n) is 5.40. The van der Waals surface area contributed by atoms with Gasteiger partial charge in [-0.2, -0.15) is 0 Å². The lowest BCUT2D eigenvalue weighted by Crippen LogP contribution is -2.38. The summed E-state index contributed by atoms with van der Waals surface area (Å²) in [6.45, 7) is 10.6. The predicted molar refractivity (Wildman–Crippen MR) is 123 cm³/mol. The van der Waals surface area contributed by atoms with Crippen molar-refractivity contribution >= 4 is 5.91 Å². The van der Waals surface area contributed by atoms with Gasteiger partial charge < -0.3 is 15.0 Å². The van der Waals surface area contributed by atoms with E-state index in [1.807, 2.05) is 11.9 Å². The Balaban J connectivity index is 1.48. The second kappa shape index (κ2) is 7.46. The molecule has 0 spiro atoms. The highest BCUT2D eigenvalue weighted by Crippen LogP contribution is 2.66. The molecule has 1 radical (unpaired) electrons. The number of hydrogen-bond acceptors (Lipinski definition) is 3. The minimum absolute atomic E-state index is 0.121. The van der Waals surface area contributed by atoms with Crippen LogP contribution < -0.4 is 5.32 Å². The summed E-state index contributed by atoms with van der Waals surface area (Å²) in [6.07, 6.45) is 7.80. The maximum atomic E-state index is 13.8. The summed E-state index contributed by atoms with van der Waals surface area (Å²) in [5, 5.41) is 3.46. The summed E-state index contributed by atoms with van der Waals surface area (Å²) < 4.78 is 5.96. The molecular weight excluding hydrogens is 384 g/mol. The molecule has 0 aromatic heterocycles. The van der Waals surface area contributed by atoms with Crippen LogP contribution in [-0.2, 0) is 22.6 Å². The third kappa shape index (κ3) is 3.60. The Labute approximate surface area is 186 Å². The first kappa shape index (κ1) is 20.7. The van der Waals surface area contributed by atoms with Gasteiger partial charge in [0.2, 0.25) is 0 Å². The Hall–Kier alpha value is -2.17. The summed E-state index contributed by atoms with van der Waals surface area (Å²) in [7, 11) is 1.99. The van der Waals surface area contributed by atoms with Crippen molar-refractivity contribution in [2.24, 2.45) is 11.3 Å². The Bertz CT molecular complexity index is 1030. The third-order valence-electron chi connectivity index (χ3n) is 7.40. The number of ether oxygens (including phenoxy) is 1. The Morgan fingerprint density at radius 3 is 2.71 bits per heavy atom. The quantitative estimate of drug-likeness (QED) is 0.721. The van der Waals surface area contributed by atoms with Gasteiger partial charge in [0.05, 0.1) is 18.8 Å². The molecule has 0 saturated heterocycles. The van der Waals surface area contributed by atoms with E-state index < -0.39 is 0 Å². The van der Waals surface area contributed by atoms with E-state index in [9.17, 15) is 4.79 Å². The van der Waals surface area contributed by atoms with Crippen LogP contribution in [0.2, 0.25) is 0 Å². The number of allylic oxidation sites excluding steroid dienone is 3. The van der Waals surface area contributed by atoms with Crippen LogP contribution in [-0.4, -0.2) is 36.6 Å². The lowest BCUT2D eigenvalue weighted by atomic mass is 9.79. The number of carbonyl (C=O) groups is 1. The average Bonchev–Trinajstić information content (AvgIpc) is 3.63. The van der Waals surface area contributed by atoms with Gasteiger partial charge in [0, 0.05) is 25.1 Å². The van der Waals surface area contributed by atoms with Crippen molar-refractivity contribution in [1.29, 1.82) is 0 Å². The van der Waals surface area contributed by atoms with Crippen molar-refractivity contribution < 1.29 is 9.53 Å². The number of amides is 1. The first-order valence-electron chi connectivity index (χ1n) is 11.5. The van der Waals surface area contributed by atoms with Gasteiger partial charge in [0.15, 0.2) is 0 Å². The van der Waals surface area contributed by atoms with Crippen LogP contribution in [0.4, 0.5) is 0 Å². The molecule has 3 atom stereocenters. The fraction of sp³-hybridized carbons (Fsp3) is 0.481. The monoisotopic (exact) mass is 417 g/mol. The Morgan fingerprint density at radius 1 is 1.29 bits per heavy atom. The second-order valence-corrected chi connectivity index (χ2v) is 10.0. The Morgan fingerprint density at radius 2 is 2.03 bits per heavy atom. The topological polar surface area (TPSA) is 41.6 Å². The van der Waals surface area contributed by atoms with E-state index in [0.717, 1.165) is 12.0 Å². The number of benzene rings is 1. The molecule has 1 fully saturated rings. The molecule has 3 unspecified atom stereocenters. The zero-order valence-electron chi connectivity index (χ0n) is 19.3. The van der Waals surface area contributed by atoms with E-state index in [1.165, 1.54) is 33.4 Å². The fourth-order valence-corrected chi connectivity index (χ4v) is 5.40. The van der Waals surface area contributed by atoms with E-state index >= 15 is 0 Å². The molecule has 4 aliphatic rings. The molecule has 1 saturated carbocycles. The van der Waals surface area contributed by atoms with Crippen LogP contribution in [0, 0.1) is 24.7 Å². The first-order valence-corrected chi connectivity index (χ1v) is 11.5. The molecule has 5 rings (SSSR count). The highest BCUT2D eigenvalue weighted by atomic mass is 16.5. The maximum Gasteiger partial charge on any atom is 0.254 e. The number of likely N-dealkylation sites (N-methyl/N-ethyl adjacent to an activating group) is 1. The van der Waals surface area contributed by atoms with Crippen molar-refractivity contribution in [2.45, 2.75) is 59.4 Å². The van der Waals surface area contributed by atoms with E-state index in [4.69, 9.17) is 4.74 Å². The van der Waals surface area contributed by atoms with Gasteiger partial charge in [-0.05, 0) is 79.5 Å². The van der Waals surface area contributed by atoms with Gasteiger partial charge >= 0.3 is 0 Å². The van der Waals surface area contributed by atoms with Crippen molar-refractivity contribution in [1.82, 2.24) is 10.2 Å². The highest BCUT2D eigenvalue weighted by molar-refractivity contribution is 6.00. The number of carbonyl (C=O) groups excluding carboxylic acids is 1. The predicted octanol–water partition coefficient (Wildman–Crippen LogP) is 4.26. The SMILES string of the molecule is CNC(COC(C)C)C1=CC(C(=O)N2Cc3ccc(C)cc3C2)=C(C2=C[CH]2)C2CC12C. The molecule has 1 aromatic rings. The third-order valence-corrected chi connectivity index (χ3v) is 7.40. The van der Waals surface area contributed by atoms with Crippen molar-refractivity contribution in [3.63, 3.8) is 0 Å². The van der Waals surface area contributed by atoms with Crippen molar-refractivity contribution in [2.75, 3.05) is 13.7 Å². The molecule has 4 nitrogen and oxygen atoms in total. The number of fused-ring (bicyclic) bond motifs is 2. The lowest BCUT2D eigenvalue weighted by molar-refractivity contribution is -0.127. The van der Waals surface area contributed by atoms with Crippen LogP contribution in [0.15, 0.2) is 52.6 Å². The summed E-state index contributed by atoms with van der Waals surface area (Å²) in [6, 6.07) is 6.65. The van der Waals surface area contributed by atoms with E-state index in [0.29, 0.717) is 25.6 Å². The second-order valence-electron chi connectivity index (χ2n) is 10.0. The van der Waals surface area contributed by atoms with Crippen LogP contribution in [0.1, 0.15) is 43.9 Å². The van der Waals surface area contributed by atoms with Gasteiger partial charge in [0.25, 0.3) is 5.91 Å². The van der Waals surface area contributed by atoms with E-state index in [-0.39, 0.29) is 23.5 Å². The maximum absolute atomic E-state index is 13.8. The molecule has 1 N–H and O–H groups in total. The van der Waals surface area contributed by atoms with Crippen LogP contribution >= 0.6 is 0 Å². The first-order chi connectivity index (χ1) is 14.8. The summed E-state index contributed by atoms with van der Waals surface area (Å²) in [5.41, 5.74) is 8.67. The smallest absolute Gasteiger partial charge is 0.254 e. The average molecular weight is 418 g/mol.